The van der Waals surface area contributed by atoms with Crippen molar-refractivity contribution in [3.05, 3.63) is 11.6 Å². The summed E-state index contributed by atoms with van der Waals surface area (Å²) in [6.07, 6.45) is 2.72. The zero-order chi connectivity index (χ0) is 14.3. The van der Waals surface area contributed by atoms with E-state index in [0.29, 0.717) is 25.3 Å². The molecule has 5 heteroatoms. The molecule has 1 fully saturated rings. The van der Waals surface area contributed by atoms with Gasteiger partial charge in [-0.3, -0.25) is 9.69 Å². The number of ether oxygens (including phenoxy) is 1. The number of morpholine rings is 1. The van der Waals surface area contributed by atoms with E-state index < -0.39 is 5.60 Å². The van der Waals surface area contributed by atoms with Gasteiger partial charge in [0.15, 0.2) is 0 Å². The van der Waals surface area contributed by atoms with Gasteiger partial charge in [-0.2, -0.15) is 0 Å². The Morgan fingerprint density at radius 3 is 2.68 bits per heavy atom. The lowest BCUT2D eigenvalue weighted by molar-refractivity contribution is -0.118. The lowest BCUT2D eigenvalue weighted by atomic mass is 10.1. The molecule has 110 valence electrons. The molecular weight excluding hydrogens is 244 g/mol. The maximum Gasteiger partial charge on any atom is 0.246 e. The van der Waals surface area contributed by atoms with Gasteiger partial charge in [-0.1, -0.05) is 13.0 Å². The van der Waals surface area contributed by atoms with Gasteiger partial charge in [-0.25, -0.2) is 0 Å². The number of aliphatic hydroxyl groups is 1. The minimum Gasteiger partial charge on any atom is -0.387 e. The van der Waals surface area contributed by atoms with Crippen LogP contribution in [0.5, 0.6) is 0 Å². The fourth-order valence-electron chi connectivity index (χ4n) is 2.11. The third-order valence-electron chi connectivity index (χ3n) is 3.17. The maximum atomic E-state index is 11.7. The van der Waals surface area contributed by atoms with Crippen molar-refractivity contribution in [1.29, 1.82) is 0 Å². The average Bonchev–Trinajstić information content (AvgIpc) is 2.37. The minimum absolute atomic E-state index is 0.107. The van der Waals surface area contributed by atoms with E-state index in [1.165, 1.54) is 0 Å². The highest BCUT2D eigenvalue weighted by Crippen LogP contribution is 2.08. The van der Waals surface area contributed by atoms with Crippen LogP contribution in [0.25, 0.3) is 0 Å². The van der Waals surface area contributed by atoms with Crippen molar-refractivity contribution in [3.8, 4) is 0 Å². The Morgan fingerprint density at radius 1 is 1.47 bits per heavy atom. The largest absolute Gasteiger partial charge is 0.387 e. The number of hydrogen-bond acceptors (Lipinski definition) is 4. The van der Waals surface area contributed by atoms with Gasteiger partial charge in [0.25, 0.3) is 0 Å². The first-order valence-corrected chi connectivity index (χ1v) is 6.92. The number of rotatable bonds is 6. The quantitative estimate of drug-likeness (QED) is 0.692. The first kappa shape index (κ1) is 16.1. The molecule has 1 rings (SSSR count). The summed E-state index contributed by atoms with van der Waals surface area (Å²) in [5, 5.41) is 13.1. The van der Waals surface area contributed by atoms with E-state index in [9.17, 15) is 9.90 Å². The monoisotopic (exact) mass is 270 g/mol. The van der Waals surface area contributed by atoms with Crippen LogP contribution in [-0.4, -0.2) is 60.9 Å². The highest BCUT2D eigenvalue weighted by atomic mass is 16.5. The summed E-state index contributed by atoms with van der Waals surface area (Å²) in [5.74, 6) is -0.107. The summed E-state index contributed by atoms with van der Waals surface area (Å²) in [4.78, 5) is 13.9. The minimum atomic E-state index is -0.917. The molecule has 0 spiro atoms. The van der Waals surface area contributed by atoms with Crippen LogP contribution in [0.15, 0.2) is 11.6 Å². The van der Waals surface area contributed by atoms with Crippen LogP contribution in [0, 0.1) is 0 Å². The van der Waals surface area contributed by atoms with Crippen molar-refractivity contribution in [3.63, 3.8) is 0 Å². The molecule has 1 atom stereocenters. The number of β-amino-alcohol motifs (C(OH)–C–C–N with tert-alkyl or cyclic N) is 1. The number of nitrogens with one attached hydrogen (secondary N) is 1. The molecule has 0 aliphatic carbocycles. The van der Waals surface area contributed by atoms with Crippen LogP contribution in [0.1, 0.15) is 27.2 Å². The fraction of sp³-hybridized carbons (Fsp3) is 0.786. The summed E-state index contributed by atoms with van der Waals surface area (Å²) < 4.78 is 5.27. The number of carbonyl (C=O) groups is 1. The summed E-state index contributed by atoms with van der Waals surface area (Å²) >= 11 is 0. The number of carbonyl (C=O) groups excluding carboxylic acids is 1. The number of amides is 1. The zero-order valence-electron chi connectivity index (χ0n) is 12.2. The first-order chi connectivity index (χ1) is 8.94. The molecule has 0 aromatic carbocycles. The van der Waals surface area contributed by atoms with E-state index in [4.69, 9.17) is 4.74 Å². The lowest BCUT2D eigenvalue weighted by Crippen LogP contribution is -2.51. The number of hydrogen-bond donors (Lipinski definition) is 2. The third kappa shape index (κ3) is 6.18. The molecule has 0 radical (unpaired) electrons. The predicted molar refractivity (Wildman–Crippen MR) is 74.9 cm³/mol. The van der Waals surface area contributed by atoms with Gasteiger partial charge in [0, 0.05) is 31.8 Å². The van der Waals surface area contributed by atoms with Crippen LogP contribution in [0.2, 0.25) is 0 Å². The SMILES string of the molecule is CCC=C(C)C(=O)NCC(C)(O)CN1CCOCC1. The van der Waals surface area contributed by atoms with Gasteiger partial charge in [-0.05, 0) is 20.3 Å². The summed E-state index contributed by atoms with van der Waals surface area (Å²) in [6.45, 7) is 9.42. The van der Waals surface area contributed by atoms with Gasteiger partial charge >= 0.3 is 0 Å². The second kappa shape index (κ2) is 7.62. The normalized spacial score (nSPS) is 20.9. The van der Waals surface area contributed by atoms with E-state index in [2.05, 4.69) is 10.2 Å². The second-order valence-corrected chi connectivity index (χ2v) is 5.36. The molecule has 19 heavy (non-hydrogen) atoms. The first-order valence-electron chi connectivity index (χ1n) is 6.92. The van der Waals surface area contributed by atoms with Crippen molar-refractivity contribution in [2.45, 2.75) is 32.8 Å². The Labute approximate surface area is 115 Å². The van der Waals surface area contributed by atoms with Crippen LogP contribution in [0.4, 0.5) is 0 Å². The molecule has 0 saturated carbocycles. The Kier molecular flexibility index (Phi) is 6.48. The Bertz CT molecular complexity index is 321. The predicted octanol–water partition coefficient (Wildman–Crippen LogP) is 0.542. The third-order valence-corrected chi connectivity index (χ3v) is 3.17. The highest BCUT2D eigenvalue weighted by molar-refractivity contribution is 5.92. The Balaban J connectivity index is 2.37. The van der Waals surface area contributed by atoms with Crippen molar-refractivity contribution in [1.82, 2.24) is 10.2 Å². The summed E-state index contributed by atoms with van der Waals surface area (Å²) in [7, 11) is 0. The van der Waals surface area contributed by atoms with E-state index in [1.807, 2.05) is 13.0 Å². The standard InChI is InChI=1S/C14H26N2O3/c1-4-5-12(2)13(17)15-10-14(3,18)11-16-6-8-19-9-7-16/h5,18H,4,6-11H2,1-3H3,(H,15,17). The van der Waals surface area contributed by atoms with Crippen LogP contribution in [-0.2, 0) is 9.53 Å². The number of nitrogens with zero attached hydrogens (tertiary/aromatic N) is 1. The molecule has 0 aromatic heterocycles. The van der Waals surface area contributed by atoms with Gasteiger partial charge in [-0.15, -0.1) is 0 Å². The van der Waals surface area contributed by atoms with Gasteiger partial charge in [0.1, 0.15) is 0 Å². The highest BCUT2D eigenvalue weighted by Gasteiger charge is 2.25. The smallest absolute Gasteiger partial charge is 0.246 e. The second-order valence-electron chi connectivity index (χ2n) is 5.36. The molecule has 1 aliphatic rings. The topological polar surface area (TPSA) is 61.8 Å². The molecule has 1 aliphatic heterocycles. The average molecular weight is 270 g/mol. The van der Waals surface area contributed by atoms with Gasteiger partial charge in [0.2, 0.25) is 5.91 Å². The molecule has 5 nitrogen and oxygen atoms in total. The van der Waals surface area contributed by atoms with E-state index in [-0.39, 0.29) is 12.5 Å². The fourth-order valence-corrected chi connectivity index (χ4v) is 2.11. The van der Waals surface area contributed by atoms with Crippen molar-refractivity contribution in [2.24, 2.45) is 0 Å². The van der Waals surface area contributed by atoms with Crippen molar-refractivity contribution >= 4 is 5.91 Å². The van der Waals surface area contributed by atoms with E-state index in [0.717, 1.165) is 19.5 Å². The Hall–Kier alpha value is -0.910. The molecule has 0 aromatic rings. The van der Waals surface area contributed by atoms with Gasteiger partial charge < -0.3 is 15.2 Å². The van der Waals surface area contributed by atoms with Crippen molar-refractivity contribution < 1.29 is 14.6 Å². The molecular formula is C14H26N2O3. The Morgan fingerprint density at radius 2 is 2.11 bits per heavy atom. The molecule has 2 N–H and O–H groups in total. The zero-order valence-corrected chi connectivity index (χ0v) is 12.2. The molecule has 1 heterocycles. The lowest BCUT2D eigenvalue weighted by Gasteiger charge is -2.33. The summed E-state index contributed by atoms with van der Waals surface area (Å²) in [6, 6.07) is 0. The summed E-state index contributed by atoms with van der Waals surface area (Å²) in [5.41, 5.74) is -0.218. The maximum absolute atomic E-state index is 11.7. The van der Waals surface area contributed by atoms with Crippen molar-refractivity contribution in [2.75, 3.05) is 39.4 Å². The number of allylic oxidation sites excluding steroid dienone is 1. The van der Waals surface area contributed by atoms with Crippen LogP contribution >= 0.6 is 0 Å². The van der Waals surface area contributed by atoms with Crippen LogP contribution < -0.4 is 5.32 Å². The molecule has 0 bridgehead atoms. The molecule has 1 saturated heterocycles. The van der Waals surface area contributed by atoms with Crippen LogP contribution in [0.3, 0.4) is 0 Å². The molecule has 1 unspecified atom stereocenters. The van der Waals surface area contributed by atoms with E-state index in [1.54, 1.807) is 13.8 Å². The van der Waals surface area contributed by atoms with Gasteiger partial charge in [0.05, 0.1) is 18.8 Å². The van der Waals surface area contributed by atoms with E-state index >= 15 is 0 Å². The molecule has 1 amide bonds.